The number of anilines is 2. The number of hydrogen-bond donors (Lipinski definition) is 3. The number of aromatic nitrogens is 2. The number of halogens is 3. The monoisotopic (exact) mass is 487 g/mol. The summed E-state index contributed by atoms with van der Waals surface area (Å²) in [6, 6.07) is 9.80. The van der Waals surface area contributed by atoms with Crippen LogP contribution in [0.5, 0.6) is 0 Å². The fraction of sp³-hybridized carbons (Fsp3) is 0.333. The topological polar surface area (TPSA) is 134 Å². The smallest absolute Gasteiger partial charge is 0.389 e. The first-order valence-electron chi connectivity index (χ1n) is 10.8. The average molecular weight is 487 g/mol. The van der Waals surface area contributed by atoms with Crippen LogP contribution in [-0.2, 0) is 0 Å². The van der Waals surface area contributed by atoms with E-state index >= 15 is 0 Å². The predicted molar refractivity (Wildman–Crippen MR) is 124 cm³/mol. The van der Waals surface area contributed by atoms with Gasteiger partial charge in [0.1, 0.15) is 17.5 Å². The van der Waals surface area contributed by atoms with E-state index in [9.17, 15) is 27.9 Å². The molecule has 1 aromatic carbocycles. The summed E-state index contributed by atoms with van der Waals surface area (Å²) >= 11 is 0. The molecule has 4 N–H and O–H groups in total. The highest BCUT2D eigenvalue weighted by Gasteiger charge is 2.36. The predicted octanol–water partition coefficient (Wildman–Crippen LogP) is 4.68. The van der Waals surface area contributed by atoms with Crippen molar-refractivity contribution >= 4 is 23.1 Å². The number of nitrogens with zero attached hydrogens (tertiary/aromatic N) is 3. The van der Waals surface area contributed by atoms with Crippen LogP contribution in [0.25, 0.3) is 5.65 Å². The van der Waals surface area contributed by atoms with Gasteiger partial charge >= 0.3 is 12.1 Å². The van der Waals surface area contributed by atoms with E-state index in [2.05, 4.69) is 10.3 Å². The summed E-state index contributed by atoms with van der Waals surface area (Å²) in [6.07, 6.45) is -1.33. The molecule has 8 nitrogen and oxygen atoms in total. The zero-order valence-electron chi connectivity index (χ0n) is 19.1. The molecule has 184 valence electrons. The summed E-state index contributed by atoms with van der Waals surface area (Å²) in [6.45, 7) is 3.64. The maximum Gasteiger partial charge on any atom is 0.389 e. The van der Waals surface area contributed by atoms with Gasteiger partial charge in [-0.2, -0.15) is 18.4 Å². The third-order valence-electron chi connectivity index (χ3n) is 5.44. The Labute approximate surface area is 198 Å². The Morgan fingerprint density at radius 3 is 2.57 bits per heavy atom. The van der Waals surface area contributed by atoms with E-state index in [-0.39, 0.29) is 28.9 Å². The van der Waals surface area contributed by atoms with Gasteiger partial charge in [0.05, 0.1) is 11.6 Å². The number of pyridine rings is 1. The second-order valence-corrected chi connectivity index (χ2v) is 8.43. The molecule has 0 bridgehead atoms. The Morgan fingerprint density at radius 2 is 2.03 bits per heavy atom. The summed E-state index contributed by atoms with van der Waals surface area (Å²) in [4.78, 5) is 28.2. The van der Waals surface area contributed by atoms with Crippen molar-refractivity contribution in [3.63, 3.8) is 0 Å². The van der Waals surface area contributed by atoms with Gasteiger partial charge in [-0.25, -0.2) is 9.78 Å². The van der Waals surface area contributed by atoms with E-state index in [0.717, 1.165) is 18.4 Å². The fourth-order valence-electron chi connectivity index (χ4n) is 3.60. The number of benzene rings is 1. The first-order chi connectivity index (χ1) is 16.4. The molecular weight excluding hydrogens is 463 g/mol. The lowest BCUT2D eigenvalue weighted by molar-refractivity contribution is -0.138. The number of rotatable bonds is 5. The summed E-state index contributed by atoms with van der Waals surface area (Å²) in [5.41, 5.74) is 7.37. The third-order valence-corrected chi connectivity index (χ3v) is 5.44. The number of alkyl halides is 3. The van der Waals surface area contributed by atoms with Crippen molar-refractivity contribution in [3.8, 4) is 6.07 Å². The number of nitrogens with two attached hydrogens (primary N) is 1. The number of nitrogen functional groups attached to an aromatic ring is 1. The van der Waals surface area contributed by atoms with Crippen LogP contribution in [0.15, 0.2) is 41.3 Å². The van der Waals surface area contributed by atoms with Gasteiger partial charge in [-0.15, -0.1) is 0 Å². The average Bonchev–Trinajstić information content (AvgIpc) is 3.57. The number of carbonyl (C=O) groups is 1. The van der Waals surface area contributed by atoms with Crippen LogP contribution in [0, 0.1) is 24.2 Å². The number of nitrogens with one attached hydrogen (secondary N) is 1. The van der Waals surface area contributed by atoms with Crippen molar-refractivity contribution in [3.05, 3.63) is 69.1 Å². The van der Waals surface area contributed by atoms with Crippen LogP contribution in [0.4, 0.5) is 24.7 Å². The largest absolute Gasteiger partial charge is 0.478 e. The number of aromatic carboxylic acids is 1. The molecule has 1 aliphatic rings. The van der Waals surface area contributed by atoms with Crippen LogP contribution in [0.1, 0.15) is 59.3 Å². The zero-order chi connectivity index (χ0) is 25.9. The first kappa shape index (κ1) is 25.6. The quantitative estimate of drug-likeness (QED) is 0.476. The molecule has 1 saturated carbocycles. The molecule has 0 amide bonds. The van der Waals surface area contributed by atoms with Crippen molar-refractivity contribution in [1.82, 2.24) is 9.38 Å². The molecule has 0 radical (unpaired) electrons. The van der Waals surface area contributed by atoms with Crippen LogP contribution in [0.2, 0.25) is 0 Å². The second kappa shape index (κ2) is 10.0. The number of hydrogen-bond acceptors (Lipinski definition) is 6. The number of aryl methyl sites for hydroxylation is 1. The molecule has 1 atom stereocenters. The van der Waals surface area contributed by atoms with Gasteiger partial charge in [0, 0.05) is 23.9 Å². The minimum atomic E-state index is -3.92. The molecule has 1 aliphatic carbocycles. The normalized spacial score (nSPS) is 13.9. The second-order valence-electron chi connectivity index (χ2n) is 8.43. The Kier molecular flexibility index (Phi) is 7.34. The van der Waals surface area contributed by atoms with Gasteiger partial charge in [-0.1, -0.05) is 12.1 Å². The lowest BCUT2D eigenvalue weighted by Gasteiger charge is -2.19. The van der Waals surface area contributed by atoms with E-state index < -0.39 is 24.1 Å². The summed E-state index contributed by atoms with van der Waals surface area (Å²) in [7, 11) is 0. The number of fused-ring (bicyclic) bond motifs is 1. The molecular formula is C24H24F3N5O3. The van der Waals surface area contributed by atoms with Crippen LogP contribution < -0.4 is 16.6 Å². The molecule has 4 rings (SSSR count). The van der Waals surface area contributed by atoms with Crippen molar-refractivity contribution in [1.29, 1.82) is 5.26 Å². The van der Waals surface area contributed by atoms with Gasteiger partial charge in [-0.3, -0.25) is 9.20 Å². The molecule has 11 heteroatoms. The Morgan fingerprint density at radius 1 is 1.37 bits per heavy atom. The van der Waals surface area contributed by atoms with Crippen molar-refractivity contribution < 1.29 is 23.1 Å². The molecule has 1 fully saturated rings. The van der Waals surface area contributed by atoms with Gasteiger partial charge in [0.25, 0.3) is 5.56 Å². The summed E-state index contributed by atoms with van der Waals surface area (Å²) in [5, 5.41) is 21.6. The highest BCUT2D eigenvalue weighted by Crippen LogP contribution is 2.39. The molecule has 0 spiro atoms. The minimum Gasteiger partial charge on any atom is -0.478 e. The van der Waals surface area contributed by atoms with Crippen LogP contribution in [0.3, 0.4) is 0 Å². The van der Waals surface area contributed by atoms with E-state index in [1.165, 1.54) is 10.5 Å². The van der Waals surface area contributed by atoms with Gasteiger partial charge in [0.15, 0.2) is 5.56 Å². The number of para-hydroxylation sites is 1. The number of carboxylic acids is 1. The molecule has 1 unspecified atom stereocenters. The molecule has 35 heavy (non-hydrogen) atoms. The fourth-order valence-corrected chi connectivity index (χ4v) is 3.60. The minimum absolute atomic E-state index is 0.0324. The molecule has 0 saturated heterocycles. The lowest BCUT2D eigenvalue weighted by Crippen LogP contribution is -2.23. The van der Waals surface area contributed by atoms with Gasteiger partial charge < -0.3 is 16.2 Å². The van der Waals surface area contributed by atoms with Gasteiger partial charge in [0.2, 0.25) is 0 Å². The summed E-state index contributed by atoms with van der Waals surface area (Å²) in [5.74, 6) is -1.21. The van der Waals surface area contributed by atoms with E-state index in [1.807, 2.05) is 19.9 Å². The van der Waals surface area contributed by atoms with E-state index in [1.54, 1.807) is 30.5 Å². The molecule has 2 heterocycles. The number of nitriles is 1. The Balaban J connectivity index is 0.000000363. The zero-order valence-corrected chi connectivity index (χ0v) is 19.1. The maximum absolute atomic E-state index is 12.5. The van der Waals surface area contributed by atoms with Crippen LogP contribution in [-0.4, -0.2) is 26.6 Å². The van der Waals surface area contributed by atoms with E-state index in [0.29, 0.717) is 16.9 Å². The highest BCUT2D eigenvalue weighted by atomic mass is 19.4. The van der Waals surface area contributed by atoms with Crippen molar-refractivity contribution in [2.24, 2.45) is 5.92 Å². The lowest BCUT2D eigenvalue weighted by atomic mass is 10.1. The molecule has 0 aliphatic heterocycles. The third kappa shape index (κ3) is 6.29. The summed E-state index contributed by atoms with van der Waals surface area (Å²) < 4.78 is 35.3. The Bertz CT molecular complexity index is 1360. The highest BCUT2D eigenvalue weighted by molar-refractivity contribution is 5.94. The van der Waals surface area contributed by atoms with Crippen molar-refractivity contribution in [2.75, 3.05) is 11.1 Å². The maximum atomic E-state index is 12.5. The standard InChI is InChI=1S/C19H17N5O3.C5H7F3/c1-10-7-13(11(2)22-15-6-4-3-5-12(15)19(26)27)17-23-16(21)14(8-20)18(25)24(17)9-10;6-5(7,8)3-4-1-2-4/h3-7,9,11,22H,21H2,1-2H3,(H,26,27);4H,1-3H2. The van der Waals surface area contributed by atoms with Gasteiger partial charge in [-0.05, 0) is 56.4 Å². The molecule has 3 aromatic rings. The first-order valence-corrected chi connectivity index (χ1v) is 10.8. The Hall–Kier alpha value is -4.07. The van der Waals surface area contributed by atoms with E-state index in [4.69, 9.17) is 11.0 Å². The van der Waals surface area contributed by atoms with Crippen molar-refractivity contribution in [2.45, 2.75) is 45.3 Å². The number of carboxylic acid groups (broad SMARTS) is 1. The SMILES string of the molecule is Cc1cc(C(C)Nc2ccccc2C(=O)O)c2nc(N)c(C#N)c(=O)n2c1.FC(F)(F)CC1CC1. The molecule has 2 aromatic heterocycles. The van der Waals surface area contributed by atoms with Crippen LogP contribution >= 0.6 is 0 Å².